The zero-order valence-electron chi connectivity index (χ0n) is 7.89. The smallest absolute Gasteiger partial charge is 0.0437 e. The average Bonchev–Trinajstić information content (AvgIpc) is 2.13. The van der Waals surface area contributed by atoms with Crippen LogP contribution in [0.4, 0.5) is 0 Å². The second-order valence-corrected chi connectivity index (χ2v) is 2.78. The minimum absolute atomic E-state index is 0.874. The van der Waals surface area contributed by atoms with Crippen LogP contribution in [0.15, 0.2) is 18.2 Å². The fourth-order valence-electron chi connectivity index (χ4n) is 1.04. The molecule has 2 N–H and O–H groups in total. The molecule has 0 saturated carbocycles. The molecule has 0 amide bonds. The second-order valence-electron chi connectivity index (χ2n) is 2.38. The number of hydrogen-bond donors (Lipinski definition) is 1. The van der Waals surface area contributed by atoms with Crippen LogP contribution >= 0.6 is 11.6 Å². The van der Waals surface area contributed by atoms with E-state index >= 15 is 0 Å². The summed E-state index contributed by atoms with van der Waals surface area (Å²) in [5, 5.41) is 0.874. The zero-order valence-corrected chi connectivity index (χ0v) is 8.65. The first-order valence-electron chi connectivity index (χ1n) is 4.07. The van der Waals surface area contributed by atoms with E-state index in [1.807, 2.05) is 12.1 Å². The van der Waals surface area contributed by atoms with E-state index in [1.165, 1.54) is 18.2 Å². The van der Waals surface area contributed by atoms with E-state index in [-0.39, 0.29) is 0 Å². The van der Waals surface area contributed by atoms with E-state index in [0.717, 1.165) is 11.4 Å². The summed E-state index contributed by atoms with van der Waals surface area (Å²) < 4.78 is 0. The summed E-state index contributed by atoms with van der Waals surface area (Å²) in [6.45, 7) is 4.19. The largest absolute Gasteiger partial charge is 0.333 e. The molecule has 0 fully saturated rings. The van der Waals surface area contributed by atoms with Crippen LogP contribution < -0.4 is 5.73 Å². The lowest BCUT2D eigenvalue weighted by atomic mass is 10.1. The molecule has 0 radical (unpaired) electrons. The van der Waals surface area contributed by atoms with Crippen molar-refractivity contribution in [2.75, 3.05) is 7.05 Å². The van der Waals surface area contributed by atoms with Gasteiger partial charge < -0.3 is 5.73 Å². The SMILES string of the molecule is CCc1cccc(Cl)c1C.CN. The van der Waals surface area contributed by atoms with Crippen molar-refractivity contribution in [3.05, 3.63) is 34.3 Å². The molecule has 0 unspecified atom stereocenters. The van der Waals surface area contributed by atoms with E-state index in [1.54, 1.807) is 0 Å². The molecule has 2 heteroatoms. The van der Waals surface area contributed by atoms with Gasteiger partial charge in [0.2, 0.25) is 0 Å². The number of halogens is 1. The Balaban J connectivity index is 0.000000561. The van der Waals surface area contributed by atoms with E-state index in [2.05, 4.69) is 25.6 Å². The molecule has 0 atom stereocenters. The summed E-state index contributed by atoms with van der Waals surface area (Å²) in [6.07, 6.45) is 1.06. The van der Waals surface area contributed by atoms with Gasteiger partial charge in [-0.05, 0) is 37.6 Å². The molecule has 0 aliphatic rings. The van der Waals surface area contributed by atoms with Crippen molar-refractivity contribution in [1.82, 2.24) is 0 Å². The molecule has 0 bridgehead atoms. The Morgan fingerprint density at radius 2 is 1.92 bits per heavy atom. The molecule has 0 spiro atoms. The standard InChI is InChI=1S/C9H11Cl.CH5N/c1-3-8-5-4-6-9(10)7(8)2;1-2/h4-6H,3H2,1-2H3;2H2,1H3. The highest BCUT2D eigenvalue weighted by molar-refractivity contribution is 6.31. The molecule has 0 saturated heterocycles. The van der Waals surface area contributed by atoms with Crippen molar-refractivity contribution in [2.24, 2.45) is 5.73 Å². The van der Waals surface area contributed by atoms with Crippen LogP contribution in [0.3, 0.4) is 0 Å². The van der Waals surface area contributed by atoms with Crippen molar-refractivity contribution >= 4 is 11.6 Å². The minimum atomic E-state index is 0.874. The Morgan fingerprint density at radius 1 is 1.33 bits per heavy atom. The quantitative estimate of drug-likeness (QED) is 0.716. The van der Waals surface area contributed by atoms with Gasteiger partial charge >= 0.3 is 0 Å². The van der Waals surface area contributed by atoms with Gasteiger partial charge in [-0.3, -0.25) is 0 Å². The number of benzene rings is 1. The number of hydrogen-bond acceptors (Lipinski definition) is 1. The van der Waals surface area contributed by atoms with E-state index in [9.17, 15) is 0 Å². The fourth-order valence-corrected chi connectivity index (χ4v) is 1.23. The molecule has 0 aliphatic heterocycles. The molecule has 12 heavy (non-hydrogen) atoms. The van der Waals surface area contributed by atoms with Crippen molar-refractivity contribution in [3.63, 3.8) is 0 Å². The van der Waals surface area contributed by atoms with Gasteiger partial charge in [-0.2, -0.15) is 0 Å². The Labute approximate surface area is 79.5 Å². The summed E-state index contributed by atoms with van der Waals surface area (Å²) in [5.74, 6) is 0. The van der Waals surface area contributed by atoms with Crippen molar-refractivity contribution in [1.29, 1.82) is 0 Å². The predicted molar refractivity (Wildman–Crippen MR) is 55.7 cm³/mol. The van der Waals surface area contributed by atoms with Gasteiger partial charge in [0.15, 0.2) is 0 Å². The summed E-state index contributed by atoms with van der Waals surface area (Å²) in [4.78, 5) is 0. The molecular formula is C10H16ClN. The highest BCUT2D eigenvalue weighted by atomic mass is 35.5. The van der Waals surface area contributed by atoms with Gasteiger partial charge in [0.05, 0.1) is 0 Å². The third-order valence-electron chi connectivity index (χ3n) is 1.76. The lowest BCUT2D eigenvalue weighted by molar-refractivity contribution is 1.11. The van der Waals surface area contributed by atoms with E-state index < -0.39 is 0 Å². The van der Waals surface area contributed by atoms with Crippen LogP contribution in [-0.2, 0) is 6.42 Å². The van der Waals surface area contributed by atoms with Gasteiger partial charge in [-0.15, -0.1) is 0 Å². The van der Waals surface area contributed by atoms with Crippen LogP contribution in [0.1, 0.15) is 18.1 Å². The molecule has 68 valence electrons. The van der Waals surface area contributed by atoms with Gasteiger partial charge in [0, 0.05) is 5.02 Å². The molecule has 1 aromatic carbocycles. The third kappa shape index (κ3) is 2.84. The van der Waals surface area contributed by atoms with Crippen molar-refractivity contribution in [3.8, 4) is 0 Å². The summed E-state index contributed by atoms with van der Waals surface area (Å²) in [5.41, 5.74) is 7.05. The molecule has 1 nitrogen and oxygen atoms in total. The zero-order chi connectivity index (χ0) is 9.56. The average molecular weight is 186 g/mol. The lowest BCUT2D eigenvalue weighted by Crippen LogP contribution is -1.85. The number of rotatable bonds is 1. The summed E-state index contributed by atoms with van der Waals surface area (Å²) >= 11 is 5.89. The maximum absolute atomic E-state index is 5.89. The predicted octanol–water partition coefficient (Wildman–Crippen LogP) is 2.79. The van der Waals surface area contributed by atoms with Crippen molar-refractivity contribution < 1.29 is 0 Å². The Bertz CT molecular complexity index is 233. The molecule has 0 heterocycles. The van der Waals surface area contributed by atoms with Crippen molar-refractivity contribution in [2.45, 2.75) is 20.3 Å². The van der Waals surface area contributed by atoms with E-state index in [4.69, 9.17) is 11.6 Å². The lowest BCUT2D eigenvalue weighted by Gasteiger charge is -2.02. The first-order valence-corrected chi connectivity index (χ1v) is 4.45. The number of aryl methyl sites for hydroxylation is 1. The topological polar surface area (TPSA) is 26.0 Å². The first kappa shape index (κ1) is 11.5. The fraction of sp³-hybridized carbons (Fsp3) is 0.400. The number of nitrogens with two attached hydrogens (primary N) is 1. The third-order valence-corrected chi connectivity index (χ3v) is 2.17. The Morgan fingerprint density at radius 3 is 2.33 bits per heavy atom. The van der Waals surface area contributed by atoms with Gasteiger partial charge in [-0.1, -0.05) is 30.7 Å². The van der Waals surface area contributed by atoms with Gasteiger partial charge in [0.1, 0.15) is 0 Å². The van der Waals surface area contributed by atoms with Gasteiger partial charge in [0.25, 0.3) is 0 Å². The van der Waals surface area contributed by atoms with Crippen LogP contribution in [0, 0.1) is 6.92 Å². The molecule has 1 rings (SSSR count). The maximum Gasteiger partial charge on any atom is 0.0437 e. The summed E-state index contributed by atoms with van der Waals surface area (Å²) in [6, 6.07) is 6.03. The van der Waals surface area contributed by atoms with Crippen LogP contribution in [0.2, 0.25) is 5.02 Å². The summed E-state index contributed by atoms with van der Waals surface area (Å²) in [7, 11) is 1.50. The minimum Gasteiger partial charge on any atom is -0.333 e. The van der Waals surface area contributed by atoms with Crippen LogP contribution in [0.5, 0.6) is 0 Å². The molecule has 0 aromatic heterocycles. The normalized spacial score (nSPS) is 8.75. The highest BCUT2D eigenvalue weighted by Crippen LogP contribution is 2.18. The van der Waals surface area contributed by atoms with Gasteiger partial charge in [-0.25, -0.2) is 0 Å². The Kier molecular flexibility index (Phi) is 5.77. The van der Waals surface area contributed by atoms with Crippen LogP contribution in [0.25, 0.3) is 0 Å². The Hall–Kier alpha value is -0.530. The monoisotopic (exact) mass is 185 g/mol. The molecule has 1 aromatic rings. The second kappa shape index (κ2) is 6.04. The molecule has 0 aliphatic carbocycles. The first-order chi connectivity index (χ1) is 5.75. The molecular weight excluding hydrogens is 170 g/mol. The van der Waals surface area contributed by atoms with E-state index in [0.29, 0.717) is 0 Å². The van der Waals surface area contributed by atoms with Crippen LogP contribution in [-0.4, -0.2) is 7.05 Å². The highest BCUT2D eigenvalue weighted by Gasteiger charge is 1.97. The maximum atomic E-state index is 5.89.